The lowest BCUT2D eigenvalue weighted by molar-refractivity contribution is 0.0949. The van der Waals surface area contributed by atoms with Gasteiger partial charge in [0.05, 0.1) is 7.11 Å². The van der Waals surface area contributed by atoms with E-state index in [9.17, 15) is 4.79 Å². The number of nitrogens with zero attached hydrogens (tertiary/aromatic N) is 4. The first-order chi connectivity index (χ1) is 12.7. The molecule has 1 amide bonds. The van der Waals surface area contributed by atoms with E-state index >= 15 is 0 Å². The number of carbonyl (C=O) groups is 1. The Balaban J connectivity index is 1.33. The smallest absolute Gasteiger partial charge is 0.267 e. The fourth-order valence-corrected chi connectivity index (χ4v) is 2.83. The highest BCUT2D eigenvalue weighted by atomic mass is 16.5. The number of amides is 1. The molecule has 0 spiro atoms. The zero-order chi connectivity index (χ0) is 17.9. The standard InChI is InChI=1S/C18H18N6O2/c1-26-14-5-4-13-7-16(23-15(13)8-14)17(25)19-6-2-3-12-9-20-18-21-11-22-24(18)10-12/h4-5,7-11,23H,2-3,6H2,1H3,(H,19,25). The molecule has 0 saturated carbocycles. The monoisotopic (exact) mass is 350 g/mol. The summed E-state index contributed by atoms with van der Waals surface area (Å²) in [6.07, 6.45) is 6.77. The van der Waals surface area contributed by atoms with E-state index in [4.69, 9.17) is 4.74 Å². The number of nitrogens with one attached hydrogen (secondary N) is 2. The maximum atomic E-state index is 12.3. The van der Waals surface area contributed by atoms with E-state index in [1.54, 1.807) is 17.8 Å². The first-order valence-electron chi connectivity index (χ1n) is 8.32. The van der Waals surface area contributed by atoms with Crippen molar-refractivity contribution < 1.29 is 9.53 Å². The van der Waals surface area contributed by atoms with Crippen LogP contribution in [0.3, 0.4) is 0 Å². The van der Waals surface area contributed by atoms with Gasteiger partial charge in [0, 0.05) is 35.9 Å². The van der Waals surface area contributed by atoms with Gasteiger partial charge >= 0.3 is 0 Å². The number of aromatic amines is 1. The van der Waals surface area contributed by atoms with Crippen LogP contribution < -0.4 is 10.1 Å². The maximum Gasteiger partial charge on any atom is 0.267 e. The Hall–Kier alpha value is -3.42. The summed E-state index contributed by atoms with van der Waals surface area (Å²) in [6, 6.07) is 7.51. The van der Waals surface area contributed by atoms with Crippen LogP contribution in [-0.2, 0) is 6.42 Å². The van der Waals surface area contributed by atoms with Crippen LogP contribution >= 0.6 is 0 Å². The second-order valence-corrected chi connectivity index (χ2v) is 5.96. The fraction of sp³-hybridized carbons (Fsp3) is 0.222. The van der Waals surface area contributed by atoms with Crippen molar-refractivity contribution in [2.45, 2.75) is 12.8 Å². The van der Waals surface area contributed by atoms with Crippen LogP contribution in [0.5, 0.6) is 5.75 Å². The van der Waals surface area contributed by atoms with Crippen molar-refractivity contribution in [1.82, 2.24) is 29.9 Å². The lowest BCUT2D eigenvalue weighted by atomic mass is 10.2. The van der Waals surface area contributed by atoms with Gasteiger partial charge < -0.3 is 15.0 Å². The third-order valence-electron chi connectivity index (χ3n) is 4.19. The number of fused-ring (bicyclic) bond motifs is 2. The van der Waals surface area contributed by atoms with Gasteiger partial charge in [-0.3, -0.25) is 4.79 Å². The molecule has 0 unspecified atom stereocenters. The second-order valence-electron chi connectivity index (χ2n) is 5.96. The Morgan fingerprint density at radius 3 is 3.12 bits per heavy atom. The minimum Gasteiger partial charge on any atom is -0.497 e. The molecule has 0 atom stereocenters. The van der Waals surface area contributed by atoms with Gasteiger partial charge in [-0.1, -0.05) is 0 Å². The quantitative estimate of drug-likeness (QED) is 0.518. The van der Waals surface area contributed by atoms with Crippen LogP contribution in [0.25, 0.3) is 16.7 Å². The Bertz CT molecular complexity index is 1070. The van der Waals surface area contributed by atoms with E-state index in [1.165, 1.54) is 6.33 Å². The molecule has 0 aliphatic heterocycles. The number of aryl methyl sites for hydroxylation is 1. The third kappa shape index (κ3) is 3.21. The fourth-order valence-electron chi connectivity index (χ4n) is 2.83. The molecule has 4 rings (SSSR count). The van der Waals surface area contributed by atoms with Crippen molar-refractivity contribution in [3.63, 3.8) is 0 Å². The molecule has 0 fully saturated rings. The van der Waals surface area contributed by atoms with Gasteiger partial charge in [-0.25, -0.2) is 9.50 Å². The second kappa shape index (κ2) is 6.83. The van der Waals surface area contributed by atoms with E-state index in [2.05, 4.69) is 25.4 Å². The molecule has 0 saturated heterocycles. The Morgan fingerprint density at radius 2 is 2.23 bits per heavy atom. The molecular formula is C18H18N6O2. The molecule has 4 aromatic rings. The largest absolute Gasteiger partial charge is 0.497 e. The predicted octanol–water partition coefficient (Wildman–Crippen LogP) is 1.98. The highest BCUT2D eigenvalue weighted by Crippen LogP contribution is 2.21. The number of H-pyrrole nitrogens is 1. The first kappa shape index (κ1) is 16.1. The van der Waals surface area contributed by atoms with E-state index in [-0.39, 0.29) is 5.91 Å². The number of rotatable bonds is 6. The zero-order valence-electron chi connectivity index (χ0n) is 14.3. The minimum absolute atomic E-state index is 0.120. The lowest BCUT2D eigenvalue weighted by Crippen LogP contribution is -2.25. The maximum absolute atomic E-state index is 12.3. The summed E-state index contributed by atoms with van der Waals surface area (Å²) in [5, 5.41) is 7.98. The third-order valence-corrected chi connectivity index (χ3v) is 4.19. The Kier molecular flexibility index (Phi) is 4.22. The molecule has 8 heteroatoms. The summed E-state index contributed by atoms with van der Waals surface area (Å²) in [5.41, 5.74) is 2.47. The van der Waals surface area contributed by atoms with Gasteiger partial charge in [-0.2, -0.15) is 10.1 Å². The molecular weight excluding hydrogens is 332 g/mol. The van der Waals surface area contributed by atoms with E-state index < -0.39 is 0 Å². The highest BCUT2D eigenvalue weighted by Gasteiger charge is 2.09. The SMILES string of the molecule is COc1ccc2cc(C(=O)NCCCc3cnc4ncnn4c3)[nH]c2c1. The van der Waals surface area contributed by atoms with Crippen molar-refractivity contribution in [3.8, 4) is 5.75 Å². The molecule has 3 aromatic heterocycles. The zero-order valence-corrected chi connectivity index (χ0v) is 14.3. The van der Waals surface area contributed by atoms with Crippen molar-refractivity contribution in [2.24, 2.45) is 0 Å². The molecule has 0 radical (unpaired) electrons. The van der Waals surface area contributed by atoms with Crippen LogP contribution in [0.15, 0.2) is 43.0 Å². The minimum atomic E-state index is -0.120. The van der Waals surface area contributed by atoms with Gasteiger partial charge in [0.15, 0.2) is 0 Å². The van der Waals surface area contributed by atoms with Gasteiger partial charge in [-0.05, 0) is 36.6 Å². The summed E-state index contributed by atoms with van der Waals surface area (Å²) in [4.78, 5) is 23.7. The predicted molar refractivity (Wildman–Crippen MR) is 96.3 cm³/mol. The molecule has 0 bridgehead atoms. The Morgan fingerprint density at radius 1 is 1.31 bits per heavy atom. The molecule has 8 nitrogen and oxygen atoms in total. The number of carbonyl (C=O) groups excluding carboxylic acids is 1. The molecule has 0 aliphatic carbocycles. The average Bonchev–Trinajstić information content (AvgIpc) is 3.30. The lowest BCUT2D eigenvalue weighted by Gasteiger charge is -2.04. The van der Waals surface area contributed by atoms with Crippen LogP contribution in [0, 0.1) is 0 Å². The van der Waals surface area contributed by atoms with Crippen LogP contribution in [0.4, 0.5) is 0 Å². The number of ether oxygens (including phenoxy) is 1. The molecule has 3 heterocycles. The highest BCUT2D eigenvalue weighted by molar-refractivity contribution is 5.98. The van der Waals surface area contributed by atoms with E-state index in [0.717, 1.165) is 35.1 Å². The number of hydrogen-bond acceptors (Lipinski definition) is 5. The van der Waals surface area contributed by atoms with Crippen LogP contribution in [0.2, 0.25) is 0 Å². The number of methoxy groups -OCH3 is 1. The first-order valence-corrected chi connectivity index (χ1v) is 8.32. The van der Waals surface area contributed by atoms with E-state index in [1.807, 2.05) is 30.5 Å². The number of hydrogen-bond donors (Lipinski definition) is 2. The van der Waals surface area contributed by atoms with Crippen molar-refractivity contribution in [3.05, 3.63) is 54.2 Å². The molecule has 1 aromatic carbocycles. The van der Waals surface area contributed by atoms with Crippen molar-refractivity contribution in [1.29, 1.82) is 0 Å². The summed E-state index contributed by atoms with van der Waals surface area (Å²) >= 11 is 0. The van der Waals surface area contributed by atoms with Crippen LogP contribution in [-0.4, -0.2) is 44.1 Å². The molecule has 2 N–H and O–H groups in total. The van der Waals surface area contributed by atoms with Crippen molar-refractivity contribution in [2.75, 3.05) is 13.7 Å². The number of aromatic nitrogens is 5. The van der Waals surface area contributed by atoms with Gasteiger partial charge in [0.1, 0.15) is 17.8 Å². The average molecular weight is 350 g/mol. The summed E-state index contributed by atoms with van der Waals surface area (Å²) in [5.74, 6) is 1.21. The van der Waals surface area contributed by atoms with Gasteiger partial charge in [0.2, 0.25) is 0 Å². The summed E-state index contributed by atoms with van der Waals surface area (Å²) in [6.45, 7) is 0.576. The van der Waals surface area contributed by atoms with Crippen molar-refractivity contribution >= 4 is 22.6 Å². The summed E-state index contributed by atoms with van der Waals surface area (Å²) < 4.78 is 6.84. The molecule has 0 aliphatic rings. The molecule has 132 valence electrons. The summed E-state index contributed by atoms with van der Waals surface area (Å²) in [7, 11) is 1.62. The number of benzene rings is 1. The topological polar surface area (TPSA) is 97.2 Å². The normalized spacial score (nSPS) is 11.1. The molecule has 26 heavy (non-hydrogen) atoms. The Labute approximate surface area is 149 Å². The van der Waals surface area contributed by atoms with E-state index in [0.29, 0.717) is 18.0 Å². The van der Waals surface area contributed by atoms with Crippen LogP contribution in [0.1, 0.15) is 22.5 Å². The van der Waals surface area contributed by atoms with Gasteiger partial charge in [0.25, 0.3) is 11.7 Å². The van der Waals surface area contributed by atoms with Gasteiger partial charge in [-0.15, -0.1) is 0 Å².